The fourth-order valence-corrected chi connectivity index (χ4v) is 6.17. The molecule has 0 saturated heterocycles. The minimum Gasteiger partial charge on any atom is -0.378 e. The Hall–Kier alpha value is -3.05. The van der Waals surface area contributed by atoms with Gasteiger partial charge in [-0.05, 0) is 85.7 Å². The Kier molecular flexibility index (Phi) is 5.09. The highest BCUT2D eigenvalue weighted by Crippen LogP contribution is 2.50. The molecule has 32 heavy (non-hydrogen) atoms. The van der Waals surface area contributed by atoms with Crippen molar-refractivity contribution in [1.82, 2.24) is 0 Å². The van der Waals surface area contributed by atoms with Crippen LogP contribution < -0.4 is 10.0 Å². The molecule has 5 rings (SSSR count). The average molecular weight is 445 g/mol. The lowest BCUT2D eigenvalue weighted by Gasteiger charge is -2.37. The zero-order chi connectivity index (χ0) is 22.5. The normalized spacial score (nSPS) is 21.5. The molecule has 3 atom stereocenters. The summed E-state index contributed by atoms with van der Waals surface area (Å²) in [5.41, 5.74) is 7.22. The Morgan fingerprint density at radius 3 is 2.31 bits per heavy atom. The number of rotatable bonds is 4. The summed E-state index contributed by atoms with van der Waals surface area (Å²) in [6.45, 7) is 6.03. The fraction of sp³-hybridized carbons (Fsp3) is 0.259. The molecule has 4 nitrogen and oxygen atoms in total. The summed E-state index contributed by atoms with van der Waals surface area (Å²) in [4.78, 5) is 0.296. The number of anilines is 2. The van der Waals surface area contributed by atoms with Crippen molar-refractivity contribution in [2.75, 3.05) is 10.0 Å². The van der Waals surface area contributed by atoms with Crippen molar-refractivity contribution in [3.63, 3.8) is 0 Å². The first-order chi connectivity index (χ1) is 15.3. The fourth-order valence-electron chi connectivity index (χ4n) is 5.09. The predicted molar refractivity (Wildman–Crippen MR) is 131 cm³/mol. The van der Waals surface area contributed by atoms with E-state index >= 15 is 0 Å². The summed E-state index contributed by atoms with van der Waals surface area (Å²) in [6.07, 6.45) is 5.44. The second kappa shape index (κ2) is 7.82. The molecule has 164 valence electrons. The molecule has 0 aromatic heterocycles. The van der Waals surface area contributed by atoms with Crippen LogP contribution in [0.25, 0.3) is 0 Å². The van der Waals surface area contributed by atoms with Crippen LogP contribution in [0.3, 0.4) is 0 Å². The topological polar surface area (TPSA) is 58.2 Å². The van der Waals surface area contributed by atoms with Crippen LogP contribution in [-0.2, 0) is 10.0 Å². The third-order valence-corrected chi connectivity index (χ3v) is 7.93. The van der Waals surface area contributed by atoms with Gasteiger partial charge in [-0.25, -0.2) is 8.42 Å². The van der Waals surface area contributed by atoms with Crippen LogP contribution in [0.5, 0.6) is 0 Å². The molecule has 0 spiro atoms. The van der Waals surface area contributed by atoms with E-state index in [9.17, 15) is 8.42 Å². The maximum absolute atomic E-state index is 13.2. The maximum Gasteiger partial charge on any atom is 0.261 e. The number of sulfonamides is 1. The van der Waals surface area contributed by atoms with Gasteiger partial charge in [-0.15, -0.1) is 0 Å². The first-order valence-electron chi connectivity index (χ1n) is 11.0. The van der Waals surface area contributed by atoms with Crippen molar-refractivity contribution in [2.45, 2.75) is 44.0 Å². The molecule has 0 bridgehead atoms. The zero-order valence-electron chi connectivity index (χ0n) is 18.6. The Morgan fingerprint density at radius 1 is 0.875 bits per heavy atom. The molecule has 0 radical (unpaired) electrons. The highest BCUT2D eigenvalue weighted by atomic mass is 32.2. The monoisotopic (exact) mass is 444 g/mol. The minimum atomic E-state index is -3.68. The van der Waals surface area contributed by atoms with Crippen LogP contribution in [-0.4, -0.2) is 8.42 Å². The van der Waals surface area contributed by atoms with Gasteiger partial charge in [0, 0.05) is 17.3 Å². The van der Waals surface area contributed by atoms with Crippen LogP contribution in [0, 0.1) is 26.7 Å². The lowest BCUT2D eigenvalue weighted by Crippen LogP contribution is -2.29. The largest absolute Gasteiger partial charge is 0.378 e. The van der Waals surface area contributed by atoms with E-state index in [1.807, 2.05) is 44.2 Å². The smallest absolute Gasteiger partial charge is 0.261 e. The van der Waals surface area contributed by atoms with Gasteiger partial charge in [0.1, 0.15) is 0 Å². The van der Waals surface area contributed by atoms with E-state index in [-0.39, 0.29) is 12.0 Å². The summed E-state index contributed by atoms with van der Waals surface area (Å²) in [5, 5.41) is 3.69. The summed E-state index contributed by atoms with van der Waals surface area (Å²) in [5.74, 6) is 0.574. The van der Waals surface area contributed by atoms with E-state index in [0.717, 1.165) is 28.8 Å². The number of aryl methyl sites for hydroxylation is 3. The molecular weight excluding hydrogens is 416 g/mol. The second-order valence-electron chi connectivity index (χ2n) is 9.12. The molecular formula is C27H28N2O2S. The van der Waals surface area contributed by atoms with Gasteiger partial charge in [0.15, 0.2) is 0 Å². The zero-order valence-corrected chi connectivity index (χ0v) is 19.4. The third kappa shape index (κ3) is 3.82. The average Bonchev–Trinajstić information content (AvgIpc) is 3.22. The summed E-state index contributed by atoms with van der Waals surface area (Å²) in [7, 11) is -3.68. The first-order valence-corrected chi connectivity index (χ1v) is 12.5. The molecule has 2 N–H and O–H groups in total. The van der Waals surface area contributed by atoms with Gasteiger partial charge in [-0.3, -0.25) is 4.72 Å². The highest BCUT2D eigenvalue weighted by Gasteiger charge is 2.38. The number of nitrogens with one attached hydrogen (secondary N) is 2. The molecule has 0 saturated carbocycles. The molecule has 1 aliphatic carbocycles. The molecule has 1 heterocycles. The van der Waals surface area contributed by atoms with Crippen molar-refractivity contribution >= 4 is 21.4 Å². The molecule has 0 fully saturated rings. The van der Waals surface area contributed by atoms with Gasteiger partial charge in [0.2, 0.25) is 0 Å². The Labute approximate surface area is 190 Å². The first kappa shape index (κ1) is 20.8. The summed E-state index contributed by atoms with van der Waals surface area (Å²) in [6, 6.07) is 20.1. The standard InChI is InChI=1S/C27H28N2O2S/c1-17-7-9-20(10-8-17)27-24-6-4-5-23(24)25-16-22(11-12-26(25)28-27)32(30,31)29-21-14-18(2)13-19(3)15-21/h4-5,7-16,23-24,27-29H,6H2,1-3H3. The van der Waals surface area contributed by atoms with Crippen LogP contribution in [0.2, 0.25) is 0 Å². The van der Waals surface area contributed by atoms with Gasteiger partial charge in [0.05, 0.1) is 10.9 Å². The van der Waals surface area contributed by atoms with Crippen molar-refractivity contribution in [3.8, 4) is 0 Å². The van der Waals surface area contributed by atoms with Crippen molar-refractivity contribution in [2.24, 2.45) is 5.92 Å². The second-order valence-corrected chi connectivity index (χ2v) is 10.8. The van der Waals surface area contributed by atoms with E-state index in [1.165, 1.54) is 11.1 Å². The highest BCUT2D eigenvalue weighted by molar-refractivity contribution is 7.92. The van der Waals surface area contributed by atoms with Crippen molar-refractivity contribution < 1.29 is 8.42 Å². The van der Waals surface area contributed by atoms with Gasteiger partial charge >= 0.3 is 0 Å². The van der Waals surface area contributed by atoms with Crippen LogP contribution in [0.15, 0.2) is 77.7 Å². The van der Waals surface area contributed by atoms with Crippen LogP contribution >= 0.6 is 0 Å². The summed E-state index contributed by atoms with van der Waals surface area (Å²) < 4.78 is 29.1. The van der Waals surface area contributed by atoms with Crippen molar-refractivity contribution in [3.05, 3.63) is 101 Å². The Balaban J connectivity index is 1.49. The van der Waals surface area contributed by atoms with Gasteiger partial charge in [0.25, 0.3) is 10.0 Å². The molecule has 3 unspecified atom stereocenters. The molecule has 5 heteroatoms. The Morgan fingerprint density at radius 2 is 1.59 bits per heavy atom. The Bertz CT molecular complexity index is 1290. The van der Waals surface area contributed by atoms with Gasteiger partial charge in [-0.1, -0.05) is 48.0 Å². The molecule has 0 amide bonds. The SMILES string of the molecule is Cc1ccc(C2Nc3ccc(S(=O)(=O)Nc4cc(C)cc(C)c4)cc3C3C=CCC32)cc1. The van der Waals surface area contributed by atoms with E-state index in [1.54, 1.807) is 6.07 Å². The van der Waals surface area contributed by atoms with Gasteiger partial charge in [-0.2, -0.15) is 0 Å². The maximum atomic E-state index is 13.2. The van der Waals surface area contributed by atoms with E-state index < -0.39 is 10.0 Å². The molecule has 2 aliphatic rings. The van der Waals surface area contributed by atoms with Gasteiger partial charge < -0.3 is 5.32 Å². The van der Waals surface area contributed by atoms with Crippen LogP contribution in [0.1, 0.15) is 46.2 Å². The van der Waals surface area contributed by atoms with Crippen molar-refractivity contribution in [1.29, 1.82) is 0 Å². The minimum absolute atomic E-state index is 0.203. The molecule has 3 aromatic rings. The van der Waals surface area contributed by atoms with E-state index in [4.69, 9.17) is 0 Å². The molecule has 3 aromatic carbocycles. The number of benzene rings is 3. The predicted octanol–water partition coefficient (Wildman–Crippen LogP) is 6.24. The number of allylic oxidation sites excluding steroid dienone is 2. The lowest BCUT2D eigenvalue weighted by atomic mass is 9.77. The molecule has 1 aliphatic heterocycles. The quantitative estimate of drug-likeness (QED) is 0.468. The van der Waals surface area contributed by atoms with Crippen LogP contribution in [0.4, 0.5) is 11.4 Å². The van der Waals surface area contributed by atoms with E-state index in [0.29, 0.717) is 16.5 Å². The number of hydrogen-bond acceptors (Lipinski definition) is 3. The number of fused-ring (bicyclic) bond motifs is 3. The lowest BCUT2D eigenvalue weighted by molar-refractivity contribution is 0.425. The number of hydrogen-bond donors (Lipinski definition) is 2. The van der Waals surface area contributed by atoms with E-state index in [2.05, 4.69) is 53.4 Å². The summed E-state index contributed by atoms with van der Waals surface area (Å²) >= 11 is 0. The third-order valence-electron chi connectivity index (χ3n) is 6.55.